The summed E-state index contributed by atoms with van der Waals surface area (Å²) in [5, 5.41) is 0.671. The van der Waals surface area contributed by atoms with Gasteiger partial charge in [-0.05, 0) is 71.2 Å². The molecule has 1 heterocycles. The van der Waals surface area contributed by atoms with Crippen molar-refractivity contribution in [3.05, 3.63) is 15.0 Å². The van der Waals surface area contributed by atoms with Crippen LogP contribution in [0.15, 0.2) is 9.98 Å². The molecule has 4 N–H and O–H groups in total. The van der Waals surface area contributed by atoms with Gasteiger partial charge in [-0.3, -0.25) is 9.59 Å². The van der Waals surface area contributed by atoms with Crippen molar-refractivity contribution in [3.8, 4) is 0 Å². The first-order valence-corrected chi connectivity index (χ1v) is 10.6. The van der Waals surface area contributed by atoms with Crippen LogP contribution in [0.25, 0.3) is 0 Å². The molecule has 3 aliphatic carbocycles. The van der Waals surface area contributed by atoms with Crippen LogP contribution < -0.4 is 11.5 Å². The van der Waals surface area contributed by atoms with Gasteiger partial charge >= 0.3 is 0 Å². The summed E-state index contributed by atoms with van der Waals surface area (Å²) in [6, 6.07) is 0. The van der Waals surface area contributed by atoms with Crippen LogP contribution in [-0.4, -0.2) is 16.8 Å². The van der Waals surface area contributed by atoms with E-state index in [0.717, 1.165) is 29.5 Å². The summed E-state index contributed by atoms with van der Waals surface area (Å²) < 4.78 is 0.846. The van der Waals surface area contributed by atoms with Crippen molar-refractivity contribution in [1.29, 1.82) is 0 Å². The summed E-state index contributed by atoms with van der Waals surface area (Å²) in [6.07, 6.45) is 6.32. The zero-order chi connectivity index (χ0) is 18.2. The van der Waals surface area contributed by atoms with Crippen molar-refractivity contribution >= 4 is 39.1 Å². The summed E-state index contributed by atoms with van der Waals surface area (Å²) in [7, 11) is 0. The summed E-state index contributed by atoms with van der Waals surface area (Å²) in [5.41, 5.74) is 10.3. The molecule has 3 fully saturated rings. The summed E-state index contributed by atoms with van der Waals surface area (Å²) >= 11 is 4.89. The van der Waals surface area contributed by atoms with Crippen LogP contribution in [0, 0.1) is 28.6 Å². The van der Waals surface area contributed by atoms with Crippen LogP contribution in [0.3, 0.4) is 0 Å². The van der Waals surface area contributed by atoms with E-state index in [4.69, 9.17) is 11.5 Å². The van der Waals surface area contributed by atoms with Crippen LogP contribution in [0.5, 0.6) is 0 Å². The monoisotopic (exact) mass is 425 g/mol. The standard InChI is InChI=1S/C18H24BrN3O2S/c1-9(2)7-17(13(20)23)10-3-4-11(16(10)5-6-16)18(17,14(21)24)15-22-8-12(19)25-15/h8-11H,3-7H2,1-2H3,(H2,20,23)(H2,21,24)/t10-,11+,17+,18-/m1/s1. The van der Waals surface area contributed by atoms with E-state index in [9.17, 15) is 9.59 Å². The highest BCUT2D eigenvalue weighted by Gasteiger charge is 2.84. The van der Waals surface area contributed by atoms with E-state index in [2.05, 4.69) is 34.8 Å². The normalized spacial score (nSPS) is 37.8. The Morgan fingerprint density at radius 2 is 1.92 bits per heavy atom. The molecular formula is C18H24BrN3O2S. The lowest BCUT2D eigenvalue weighted by Gasteiger charge is -2.49. The minimum atomic E-state index is -1.07. The number of aromatic nitrogens is 1. The molecule has 25 heavy (non-hydrogen) atoms. The maximum atomic E-state index is 13.1. The summed E-state index contributed by atoms with van der Waals surface area (Å²) in [6.45, 7) is 4.17. The van der Waals surface area contributed by atoms with Gasteiger partial charge in [-0.2, -0.15) is 0 Å². The van der Waals surface area contributed by atoms with Gasteiger partial charge in [-0.15, -0.1) is 11.3 Å². The number of halogens is 1. The molecule has 2 amide bonds. The number of amides is 2. The lowest BCUT2D eigenvalue weighted by molar-refractivity contribution is -0.148. The average Bonchev–Trinajstić information content (AvgIpc) is 2.98. The van der Waals surface area contributed by atoms with Crippen molar-refractivity contribution in [2.75, 3.05) is 0 Å². The quantitative estimate of drug-likeness (QED) is 0.757. The molecule has 1 aromatic heterocycles. The lowest BCUT2D eigenvalue weighted by atomic mass is 9.52. The van der Waals surface area contributed by atoms with Gasteiger partial charge in [0, 0.05) is 0 Å². The van der Waals surface area contributed by atoms with Crippen LogP contribution in [0.4, 0.5) is 0 Å². The lowest BCUT2D eigenvalue weighted by Crippen LogP contribution is -2.63. The smallest absolute Gasteiger partial charge is 0.231 e. The molecule has 0 radical (unpaired) electrons. The van der Waals surface area contributed by atoms with E-state index in [-0.39, 0.29) is 29.1 Å². The van der Waals surface area contributed by atoms with Gasteiger partial charge in [0.1, 0.15) is 10.4 Å². The highest BCUT2D eigenvalue weighted by Crippen LogP contribution is 2.83. The Morgan fingerprint density at radius 1 is 1.28 bits per heavy atom. The molecule has 3 aliphatic rings. The fourth-order valence-electron chi connectivity index (χ4n) is 6.65. The van der Waals surface area contributed by atoms with E-state index in [1.54, 1.807) is 6.20 Å². The average molecular weight is 426 g/mol. The third kappa shape index (κ3) is 1.86. The molecule has 0 aliphatic heterocycles. The number of thiazole rings is 1. The van der Waals surface area contributed by atoms with Crippen molar-refractivity contribution in [2.45, 2.75) is 51.4 Å². The second kappa shape index (κ2) is 5.28. The molecule has 2 bridgehead atoms. The number of hydrogen-bond donors (Lipinski definition) is 2. The Morgan fingerprint density at radius 3 is 2.36 bits per heavy atom. The predicted molar refractivity (Wildman–Crippen MR) is 99.6 cm³/mol. The fraction of sp³-hybridized carbons (Fsp3) is 0.722. The third-order valence-electron chi connectivity index (χ3n) is 7.15. The minimum Gasteiger partial charge on any atom is -0.369 e. The van der Waals surface area contributed by atoms with E-state index in [1.807, 2.05) is 0 Å². The van der Waals surface area contributed by atoms with Crippen molar-refractivity contribution in [1.82, 2.24) is 4.98 Å². The number of nitrogens with two attached hydrogens (primary N) is 2. The van der Waals surface area contributed by atoms with Gasteiger partial charge in [0.15, 0.2) is 0 Å². The highest BCUT2D eigenvalue weighted by molar-refractivity contribution is 9.11. The van der Waals surface area contributed by atoms with Crippen LogP contribution in [0.1, 0.15) is 51.0 Å². The maximum Gasteiger partial charge on any atom is 0.231 e. The number of nitrogens with zero attached hydrogens (tertiary/aromatic N) is 1. The molecule has 3 saturated carbocycles. The zero-order valence-electron chi connectivity index (χ0n) is 14.5. The zero-order valence-corrected chi connectivity index (χ0v) is 17.0. The number of primary amides is 2. The van der Waals surface area contributed by atoms with Crippen molar-refractivity contribution in [2.24, 2.45) is 40.1 Å². The summed E-state index contributed by atoms with van der Waals surface area (Å²) in [4.78, 5) is 30.7. The molecule has 0 unspecified atom stereocenters. The Hall–Kier alpha value is -0.950. The Balaban J connectivity index is 2.05. The number of carbonyl (C=O) groups excluding carboxylic acids is 2. The van der Waals surface area contributed by atoms with Gasteiger partial charge in [0.25, 0.3) is 0 Å². The van der Waals surface area contributed by atoms with Gasteiger partial charge in [-0.25, -0.2) is 4.98 Å². The first kappa shape index (κ1) is 17.5. The molecule has 1 aromatic rings. The van der Waals surface area contributed by atoms with Gasteiger partial charge in [0.2, 0.25) is 11.8 Å². The van der Waals surface area contributed by atoms with E-state index >= 15 is 0 Å². The van der Waals surface area contributed by atoms with E-state index in [0.29, 0.717) is 11.4 Å². The highest BCUT2D eigenvalue weighted by atomic mass is 79.9. The second-order valence-corrected chi connectivity index (χ2v) is 10.9. The molecule has 7 heteroatoms. The Labute approximate surface area is 160 Å². The van der Waals surface area contributed by atoms with Crippen molar-refractivity contribution in [3.63, 3.8) is 0 Å². The van der Waals surface area contributed by atoms with E-state index < -0.39 is 16.7 Å². The van der Waals surface area contributed by atoms with E-state index in [1.165, 1.54) is 11.3 Å². The molecule has 136 valence electrons. The topological polar surface area (TPSA) is 99.1 Å². The molecule has 4 rings (SSSR count). The largest absolute Gasteiger partial charge is 0.369 e. The van der Waals surface area contributed by atoms with Crippen LogP contribution in [0.2, 0.25) is 0 Å². The third-order valence-corrected chi connectivity index (χ3v) is 8.77. The first-order chi connectivity index (χ1) is 11.7. The second-order valence-electron chi connectivity index (χ2n) is 8.49. The number of carbonyl (C=O) groups is 2. The molecule has 0 saturated heterocycles. The molecule has 5 nitrogen and oxygen atoms in total. The molecule has 4 atom stereocenters. The molecule has 1 spiro atoms. The van der Waals surface area contributed by atoms with Crippen LogP contribution >= 0.6 is 27.3 Å². The number of rotatable bonds is 5. The van der Waals surface area contributed by atoms with Gasteiger partial charge < -0.3 is 11.5 Å². The SMILES string of the molecule is CC(C)C[C@@]1(C(N)=O)[C@@H]2CC[C@@H](C23CC3)[C@@]1(C(N)=O)c1ncc(Br)s1. The summed E-state index contributed by atoms with van der Waals surface area (Å²) in [5.74, 6) is -0.339. The predicted octanol–water partition coefficient (Wildman–Crippen LogP) is 2.97. The Kier molecular flexibility index (Phi) is 3.69. The van der Waals surface area contributed by atoms with Gasteiger partial charge in [-0.1, -0.05) is 13.8 Å². The number of hydrogen-bond acceptors (Lipinski definition) is 4. The van der Waals surface area contributed by atoms with Crippen LogP contribution in [-0.2, 0) is 15.0 Å². The first-order valence-electron chi connectivity index (χ1n) is 8.95. The molecular weight excluding hydrogens is 402 g/mol. The fourth-order valence-corrected chi connectivity index (χ4v) is 8.19. The molecule has 0 aromatic carbocycles. The minimum absolute atomic E-state index is 0.0527. The van der Waals surface area contributed by atoms with Crippen molar-refractivity contribution < 1.29 is 9.59 Å². The Bertz CT molecular complexity index is 759. The maximum absolute atomic E-state index is 13.1. The van der Waals surface area contributed by atoms with Gasteiger partial charge in [0.05, 0.1) is 15.4 Å².